The van der Waals surface area contributed by atoms with Crippen LogP contribution in [0, 0.1) is 21.2 Å². The topological polar surface area (TPSA) is 17.8 Å². The Morgan fingerprint density at radius 1 is 1.38 bits per heavy atom. The van der Waals surface area contributed by atoms with Crippen LogP contribution >= 0.6 is 34.2 Å². The number of fused-ring (bicyclic) bond motifs is 3. The first-order valence-corrected chi connectivity index (χ1v) is 9.07. The second-order valence-corrected chi connectivity index (χ2v) is 8.27. The molecular formula is C16H17ClFIN2. The number of rotatable bonds is 2. The lowest BCUT2D eigenvalue weighted by atomic mass is 9.95. The molecule has 2 saturated carbocycles. The summed E-state index contributed by atoms with van der Waals surface area (Å²) in [7, 11) is 0. The molecule has 1 aromatic carbocycles. The molecule has 4 atom stereocenters. The molecule has 5 heteroatoms. The summed E-state index contributed by atoms with van der Waals surface area (Å²) in [6, 6.07) is 3.92. The molecule has 2 bridgehead atoms. The third kappa shape index (κ3) is 2.21. The van der Waals surface area contributed by atoms with Gasteiger partial charge in [-0.15, -0.1) is 11.6 Å². The Morgan fingerprint density at radius 2 is 2.19 bits per heavy atom. The van der Waals surface area contributed by atoms with E-state index in [2.05, 4.69) is 4.57 Å². The molecule has 1 aromatic heterocycles. The lowest BCUT2D eigenvalue weighted by Gasteiger charge is -2.26. The Kier molecular flexibility index (Phi) is 3.45. The summed E-state index contributed by atoms with van der Waals surface area (Å²) in [5, 5.41) is -0.155. The van der Waals surface area contributed by atoms with Crippen LogP contribution in [0.15, 0.2) is 12.1 Å². The van der Waals surface area contributed by atoms with Gasteiger partial charge in [-0.2, -0.15) is 0 Å². The van der Waals surface area contributed by atoms with Crippen molar-refractivity contribution in [1.82, 2.24) is 9.55 Å². The Labute approximate surface area is 142 Å². The molecule has 2 fully saturated rings. The highest BCUT2D eigenvalue weighted by molar-refractivity contribution is 14.1. The molecule has 2 aliphatic carbocycles. The third-order valence-electron chi connectivity index (χ3n) is 5.15. The van der Waals surface area contributed by atoms with Gasteiger partial charge >= 0.3 is 0 Å². The van der Waals surface area contributed by atoms with Gasteiger partial charge in [-0.05, 0) is 66.7 Å². The van der Waals surface area contributed by atoms with Crippen molar-refractivity contribution < 1.29 is 4.39 Å². The number of nitrogens with zero attached hydrogens (tertiary/aromatic N) is 2. The molecule has 4 unspecified atom stereocenters. The first-order chi connectivity index (χ1) is 10.0. The summed E-state index contributed by atoms with van der Waals surface area (Å²) in [5.41, 5.74) is 1.78. The van der Waals surface area contributed by atoms with E-state index < -0.39 is 0 Å². The van der Waals surface area contributed by atoms with Crippen LogP contribution < -0.4 is 0 Å². The van der Waals surface area contributed by atoms with Crippen LogP contribution in [0.25, 0.3) is 11.0 Å². The Morgan fingerprint density at radius 3 is 2.81 bits per heavy atom. The van der Waals surface area contributed by atoms with Crippen LogP contribution in [0.2, 0.25) is 0 Å². The Balaban J connectivity index is 1.92. The predicted molar refractivity (Wildman–Crippen MR) is 91.2 cm³/mol. The molecule has 2 nitrogen and oxygen atoms in total. The van der Waals surface area contributed by atoms with Crippen LogP contribution in [0.4, 0.5) is 4.39 Å². The van der Waals surface area contributed by atoms with Crippen molar-refractivity contribution in [2.75, 3.05) is 0 Å². The predicted octanol–water partition coefficient (Wildman–Crippen LogP) is 5.44. The minimum Gasteiger partial charge on any atom is -0.323 e. The van der Waals surface area contributed by atoms with E-state index in [1.807, 2.05) is 35.6 Å². The first kappa shape index (κ1) is 14.2. The molecule has 0 saturated heterocycles. The van der Waals surface area contributed by atoms with Crippen LogP contribution in [-0.2, 0) is 0 Å². The number of aromatic nitrogens is 2. The van der Waals surface area contributed by atoms with Gasteiger partial charge in [0.25, 0.3) is 0 Å². The van der Waals surface area contributed by atoms with Gasteiger partial charge in [-0.3, -0.25) is 0 Å². The average Bonchev–Trinajstić information content (AvgIpc) is 3.12. The van der Waals surface area contributed by atoms with Gasteiger partial charge in [0.05, 0.1) is 20.0 Å². The van der Waals surface area contributed by atoms with Gasteiger partial charge in [-0.1, -0.05) is 6.42 Å². The monoisotopic (exact) mass is 418 g/mol. The number of alkyl halides is 1. The summed E-state index contributed by atoms with van der Waals surface area (Å²) in [6.07, 6.45) is 5.15. The van der Waals surface area contributed by atoms with Gasteiger partial charge in [0, 0.05) is 12.1 Å². The maximum Gasteiger partial charge on any atom is 0.138 e. The fraction of sp³-hybridized carbons (Fsp3) is 0.562. The maximum atomic E-state index is 14.0. The standard InChI is InChI=1S/C16H17ClFIN2/c1-8(17)16-20-13-7-12(19)11(18)6-15(13)21(16)14-5-9-2-3-10(14)4-9/h6-10,14H,2-5H2,1H3. The molecule has 0 aliphatic heterocycles. The maximum absolute atomic E-state index is 14.0. The van der Waals surface area contributed by atoms with E-state index in [1.54, 1.807) is 6.07 Å². The van der Waals surface area contributed by atoms with Crippen molar-refractivity contribution >= 4 is 45.2 Å². The molecule has 0 N–H and O–H groups in total. The fourth-order valence-corrected chi connectivity index (χ4v) is 4.87. The Hall–Kier alpha value is -0.360. The van der Waals surface area contributed by atoms with Gasteiger partial charge in [-0.25, -0.2) is 9.37 Å². The second kappa shape index (κ2) is 5.08. The summed E-state index contributed by atoms with van der Waals surface area (Å²) in [6.45, 7) is 1.95. The second-order valence-electron chi connectivity index (χ2n) is 6.45. The SMILES string of the molecule is CC(Cl)c1nc2cc(I)c(F)cc2n1C1CC2CCC1C2. The van der Waals surface area contributed by atoms with Gasteiger partial charge in [0.1, 0.15) is 11.6 Å². The van der Waals surface area contributed by atoms with Crippen molar-refractivity contribution in [3.63, 3.8) is 0 Å². The zero-order valence-corrected chi connectivity index (χ0v) is 14.7. The third-order valence-corrected chi connectivity index (χ3v) is 6.17. The summed E-state index contributed by atoms with van der Waals surface area (Å²) in [4.78, 5) is 4.70. The van der Waals surface area contributed by atoms with E-state index >= 15 is 0 Å². The smallest absolute Gasteiger partial charge is 0.138 e. The fourth-order valence-electron chi connectivity index (χ4n) is 4.27. The molecule has 0 radical (unpaired) electrons. The summed E-state index contributed by atoms with van der Waals surface area (Å²) in [5.74, 6) is 2.28. The minimum absolute atomic E-state index is 0.155. The quantitative estimate of drug-likeness (QED) is 0.469. The lowest BCUT2D eigenvalue weighted by Crippen LogP contribution is -2.18. The molecule has 2 aromatic rings. The zero-order chi connectivity index (χ0) is 14.7. The summed E-state index contributed by atoms with van der Waals surface area (Å²) >= 11 is 8.38. The van der Waals surface area contributed by atoms with E-state index in [0.29, 0.717) is 15.5 Å². The average molecular weight is 419 g/mol. The van der Waals surface area contributed by atoms with Gasteiger partial charge in [0.2, 0.25) is 0 Å². The first-order valence-electron chi connectivity index (χ1n) is 7.55. The van der Waals surface area contributed by atoms with E-state index in [9.17, 15) is 4.39 Å². The molecule has 0 spiro atoms. The van der Waals surface area contributed by atoms with Crippen LogP contribution in [-0.4, -0.2) is 9.55 Å². The number of halogens is 3. The minimum atomic E-state index is -0.166. The van der Waals surface area contributed by atoms with Crippen molar-refractivity contribution in [3.05, 3.63) is 27.3 Å². The molecule has 1 heterocycles. The number of imidazole rings is 1. The Bertz CT molecular complexity index is 712. The van der Waals surface area contributed by atoms with E-state index in [1.165, 1.54) is 25.7 Å². The largest absolute Gasteiger partial charge is 0.323 e. The van der Waals surface area contributed by atoms with Crippen molar-refractivity contribution in [1.29, 1.82) is 0 Å². The molecule has 112 valence electrons. The van der Waals surface area contributed by atoms with E-state index in [0.717, 1.165) is 22.8 Å². The molecule has 4 rings (SSSR count). The zero-order valence-electron chi connectivity index (χ0n) is 11.8. The normalized spacial score (nSPS) is 29.4. The van der Waals surface area contributed by atoms with Gasteiger partial charge in [0.15, 0.2) is 0 Å². The number of hydrogen-bond donors (Lipinski definition) is 0. The highest BCUT2D eigenvalue weighted by Crippen LogP contribution is 2.52. The highest BCUT2D eigenvalue weighted by atomic mass is 127. The molecule has 21 heavy (non-hydrogen) atoms. The van der Waals surface area contributed by atoms with Crippen molar-refractivity contribution in [2.24, 2.45) is 11.8 Å². The molecule has 0 amide bonds. The molecular weight excluding hydrogens is 402 g/mol. The lowest BCUT2D eigenvalue weighted by molar-refractivity contribution is 0.329. The number of hydrogen-bond acceptors (Lipinski definition) is 1. The van der Waals surface area contributed by atoms with Crippen LogP contribution in [0.5, 0.6) is 0 Å². The van der Waals surface area contributed by atoms with Crippen LogP contribution in [0.3, 0.4) is 0 Å². The summed E-state index contributed by atoms with van der Waals surface area (Å²) < 4.78 is 16.9. The van der Waals surface area contributed by atoms with Gasteiger partial charge < -0.3 is 4.57 Å². The van der Waals surface area contributed by atoms with E-state index in [4.69, 9.17) is 16.6 Å². The van der Waals surface area contributed by atoms with Crippen molar-refractivity contribution in [3.8, 4) is 0 Å². The molecule has 2 aliphatic rings. The van der Waals surface area contributed by atoms with E-state index in [-0.39, 0.29) is 11.2 Å². The number of benzene rings is 1. The van der Waals surface area contributed by atoms with Crippen molar-refractivity contribution in [2.45, 2.75) is 44.0 Å². The highest BCUT2D eigenvalue weighted by Gasteiger charge is 2.42. The van der Waals surface area contributed by atoms with Crippen LogP contribution in [0.1, 0.15) is 49.9 Å².